The summed E-state index contributed by atoms with van der Waals surface area (Å²) in [7, 11) is 0. The number of hydrogen-bond donors (Lipinski definition) is 0. The number of rotatable bonds is 6. The lowest BCUT2D eigenvalue weighted by molar-refractivity contribution is 0.0172. The van der Waals surface area contributed by atoms with Crippen LogP contribution in [0.5, 0.6) is 0 Å². The van der Waals surface area contributed by atoms with Crippen LogP contribution in [0, 0.1) is 0 Å². The number of nitrogens with zero attached hydrogens (tertiary/aromatic N) is 4. The van der Waals surface area contributed by atoms with Crippen molar-refractivity contribution in [1.29, 1.82) is 0 Å². The monoisotopic (exact) mass is 370 g/mol. The Morgan fingerprint density at radius 1 is 0.571 bits per heavy atom. The van der Waals surface area contributed by atoms with Gasteiger partial charge in [0.1, 0.15) is 13.3 Å². The summed E-state index contributed by atoms with van der Waals surface area (Å²) in [6, 6.07) is 21.5. The van der Waals surface area contributed by atoms with Gasteiger partial charge in [0.2, 0.25) is 0 Å². The van der Waals surface area contributed by atoms with Gasteiger partial charge in [-0.1, -0.05) is 60.7 Å². The molecule has 2 aromatic rings. The van der Waals surface area contributed by atoms with Crippen molar-refractivity contribution in [3.05, 3.63) is 108 Å². The van der Waals surface area contributed by atoms with Gasteiger partial charge in [0.25, 0.3) is 0 Å². The Hall–Kier alpha value is -3.14. The molecule has 3 heterocycles. The molecule has 28 heavy (non-hydrogen) atoms. The zero-order valence-corrected chi connectivity index (χ0v) is 16.1. The second-order valence-corrected chi connectivity index (χ2v) is 7.62. The van der Waals surface area contributed by atoms with Crippen LogP contribution in [-0.4, -0.2) is 46.2 Å². The Bertz CT molecular complexity index is 825. The fourth-order valence-electron chi connectivity index (χ4n) is 4.06. The van der Waals surface area contributed by atoms with Gasteiger partial charge in [0, 0.05) is 25.5 Å². The molecule has 2 aromatic carbocycles. The van der Waals surface area contributed by atoms with Crippen molar-refractivity contribution < 1.29 is 0 Å². The SMILES string of the molecule is C1=CC2=CN(CCc3ccccc3)CN2N2CN(CCc3ccccc3)C=C12. The van der Waals surface area contributed by atoms with Gasteiger partial charge in [-0.3, -0.25) is 10.0 Å². The maximum atomic E-state index is 2.42. The minimum absolute atomic E-state index is 0.927. The summed E-state index contributed by atoms with van der Waals surface area (Å²) < 4.78 is 0. The molecule has 0 radical (unpaired) electrons. The van der Waals surface area contributed by atoms with E-state index in [0.717, 1.165) is 39.3 Å². The first-order valence-corrected chi connectivity index (χ1v) is 10.1. The Morgan fingerprint density at radius 3 is 1.43 bits per heavy atom. The molecule has 0 amide bonds. The smallest absolute Gasteiger partial charge is 0.110 e. The minimum atomic E-state index is 0.927. The number of hydrogen-bond acceptors (Lipinski definition) is 4. The maximum absolute atomic E-state index is 2.42. The number of fused-ring (bicyclic) bond motifs is 3. The van der Waals surface area contributed by atoms with Gasteiger partial charge < -0.3 is 9.80 Å². The molecule has 0 saturated heterocycles. The van der Waals surface area contributed by atoms with Crippen molar-refractivity contribution in [2.24, 2.45) is 0 Å². The average molecular weight is 371 g/mol. The molecule has 0 N–H and O–H groups in total. The second kappa shape index (κ2) is 7.47. The Morgan fingerprint density at radius 2 is 1.00 bits per heavy atom. The highest BCUT2D eigenvalue weighted by molar-refractivity contribution is 5.34. The third kappa shape index (κ3) is 3.50. The van der Waals surface area contributed by atoms with Gasteiger partial charge in [0.15, 0.2) is 0 Å². The number of allylic oxidation sites excluding steroid dienone is 2. The molecule has 0 atom stereocenters. The minimum Gasteiger partial charge on any atom is -0.356 e. The van der Waals surface area contributed by atoms with Crippen LogP contribution in [0.15, 0.2) is 96.6 Å². The van der Waals surface area contributed by atoms with Crippen LogP contribution in [-0.2, 0) is 12.8 Å². The van der Waals surface area contributed by atoms with Crippen LogP contribution in [0.25, 0.3) is 0 Å². The molecule has 4 heteroatoms. The van der Waals surface area contributed by atoms with Gasteiger partial charge in [-0.2, -0.15) is 0 Å². The Labute approximate surface area is 167 Å². The fourth-order valence-corrected chi connectivity index (χ4v) is 4.06. The molecular formula is C24H26N4. The van der Waals surface area contributed by atoms with E-state index in [2.05, 4.69) is 105 Å². The van der Waals surface area contributed by atoms with E-state index in [0.29, 0.717) is 0 Å². The van der Waals surface area contributed by atoms with Crippen molar-refractivity contribution in [3.8, 4) is 0 Å². The van der Waals surface area contributed by atoms with E-state index in [-0.39, 0.29) is 0 Å². The van der Waals surface area contributed by atoms with Gasteiger partial charge >= 0.3 is 0 Å². The van der Waals surface area contributed by atoms with E-state index in [4.69, 9.17) is 0 Å². The summed E-state index contributed by atoms with van der Waals surface area (Å²) in [5, 5.41) is 4.80. The highest BCUT2D eigenvalue weighted by Crippen LogP contribution is 2.31. The lowest BCUT2D eigenvalue weighted by Crippen LogP contribution is -2.44. The van der Waals surface area contributed by atoms with Crippen molar-refractivity contribution >= 4 is 0 Å². The van der Waals surface area contributed by atoms with Crippen molar-refractivity contribution in [1.82, 2.24) is 19.8 Å². The van der Waals surface area contributed by atoms with E-state index in [1.165, 1.54) is 22.5 Å². The van der Waals surface area contributed by atoms with Crippen LogP contribution in [0.4, 0.5) is 0 Å². The molecule has 0 aliphatic carbocycles. The molecule has 5 rings (SSSR count). The summed E-state index contributed by atoms with van der Waals surface area (Å²) in [5.41, 5.74) is 5.37. The molecule has 4 nitrogen and oxygen atoms in total. The van der Waals surface area contributed by atoms with Crippen LogP contribution in [0.1, 0.15) is 11.1 Å². The summed E-state index contributed by atoms with van der Waals surface area (Å²) >= 11 is 0. The predicted molar refractivity (Wildman–Crippen MR) is 112 cm³/mol. The highest BCUT2D eigenvalue weighted by atomic mass is 15.7. The van der Waals surface area contributed by atoms with Gasteiger partial charge in [-0.15, -0.1) is 0 Å². The highest BCUT2D eigenvalue weighted by Gasteiger charge is 2.32. The molecule has 0 aromatic heterocycles. The maximum Gasteiger partial charge on any atom is 0.110 e. The molecule has 0 bridgehead atoms. The van der Waals surface area contributed by atoms with Crippen LogP contribution >= 0.6 is 0 Å². The lowest BCUT2D eigenvalue weighted by Gasteiger charge is -2.37. The molecule has 142 valence electrons. The van der Waals surface area contributed by atoms with Crippen LogP contribution in [0.3, 0.4) is 0 Å². The lowest BCUT2D eigenvalue weighted by atomic mass is 10.1. The molecule has 0 unspecified atom stereocenters. The van der Waals surface area contributed by atoms with Crippen LogP contribution < -0.4 is 0 Å². The second-order valence-electron chi connectivity index (χ2n) is 7.62. The molecule has 0 spiro atoms. The summed E-state index contributed by atoms with van der Waals surface area (Å²) in [6.07, 6.45) is 11.2. The van der Waals surface area contributed by atoms with Gasteiger partial charge in [-0.25, -0.2) is 0 Å². The van der Waals surface area contributed by atoms with Crippen molar-refractivity contribution in [2.45, 2.75) is 12.8 Å². The van der Waals surface area contributed by atoms with E-state index < -0.39 is 0 Å². The largest absolute Gasteiger partial charge is 0.356 e. The zero-order chi connectivity index (χ0) is 18.8. The fraction of sp³-hybridized carbons (Fsp3) is 0.250. The summed E-state index contributed by atoms with van der Waals surface area (Å²) in [5.74, 6) is 0. The number of hydrazine groups is 1. The molecule has 0 saturated carbocycles. The standard InChI is InChI=1S/C24H26N4/c1-3-7-21(8-4-1)13-15-25-17-23-11-12-24-18-26(20-28(24)27(23)19-25)16-14-22-9-5-2-6-10-22/h1-12,17-18H,13-16,19-20H2. The van der Waals surface area contributed by atoms with E-state index in [9.17, 15) is 0 Å². The number of benzene rings is 2. The van der Waals surface area contributed by atoms with Gasteiger partial charge in [0.05, 0.1) is 11.4 Å². The normalized spacial score (nSPS) is 17.6. The molecular weight excluding hydrogens is 344 g/mol. The predicted octanol–water partition coefficient (Wildman–Crippen LogP) is 3.79. The van der Waals surface area contributed by atoms with Gasteiger partial charge in [-0.05, 0) is 36.1 Å². The third-order valence-electron chi connectivity index (χ3n) is 5.63. The topological polar surface area (TPSA) is 13.0 Å². The zero-order valence-electron chi connectivity index (χ0n) is 16.1. The molecule has 3 aliphatic heterocycles. The van der Waals surface area contributed by atoms with Crippen molar-refractivity contribution in [2.75, 3.05) is 26.4 Å². The van der Waals surface area contributed by atoms with Crippen molar-refractivity contribution in [3.63, 3.8) is 0 Å². The third-order valence-corrected chi connectivity index (χ3v) is 5.63. The average Bonchev–Trinajstić information content (AvgIpc) is 3.35. The van der Waals surface area contributed by atoms with E-state index in [1.54, 1.807) is 0 Å². The summed E-state index contributed by atoms with van der Waals surface area (Å²) in [6.45, 7) is 3.94. The van der Waals surface area contributed by atoms with Crippen LogP contribution in [0.2, 0.25) is 0 Å². The first-order valence-electron chi connectivity index (χ1n) is 10.1. The van der Waals surface area contributed by atoms with E-state index in [1.807, 2.05) is 0 Å². The first kappa shape index (κ1) is 17.0. The quantitative estimate of drug-likeness (QED) is 0.767. The first-order chi connectivity index (χ1) is 13.8. The Balaban J connectivity index is 1.18. The molecule has 0 fully saturated rings. The molecule has 3 aliphatic rings. The van der Waals surface area contributed by atoms with E-state index >= 15 is 0 Å². The Kier molecular flexibility index (Phi) is 4.53. The summed E-state index contributed by atoms with van der Waals surface area (Å²) in [4.78, 5) is 4.84.